The van der Waals surface area contributed by atoms with Crippen molar-refractivity contribution in [3.8, 4) is 0 Å². The molecule has 2 unspecified atom stereocenters. The Labute approximate surface area is 105 Å². The first-order valence-corrected chi connectivity index (χ1v) is 6.19. The summed E-state index contributed by atoms with van der Waals surface area (Å²) in [6.07, 6.45) is 1.77. The summed E-state index contributed by atoms with van der Waals surface area (Å²) in [5.74, 6) is -0.320. The normalized spacial score (nSPS) is 20.6. The molecule has 1 aliphatic rings. The number of carbonyl (C=O) groups is 1. The van der Waals surface area contributed by atoms with Crippen LogP contribution in [-0.4, -0.2) is 44.5 Å². The van der Waals surface area contributed by atoms with Crippen molar-refractivity contribution >= 4 is 5.97 Å². The van der Waals surface area contributed by atoms with Crippen molar-refractivity contribution in [2.75, 3.05) is 13.2 Å². The lowest BCUT2D eigenvalue weighted by Crippen LogP contribution is -2.26. The van der Waals surface area contributed by atoms with Gasteiger partial charge in [-0.2, -0.15) is 0 Å². The molecule has 1 N–H and O–H groups in total. The third-order valence-corrected chi connectivity index (χ3v) is 3.60. The highest BCUT2D eigenvalue weighted by atomic mass is 16.5. The second kappa shape index (κ2) is 5.43. The van der Waals surface area contributed by atoms with Crippen LogP contribution in [0, 0.1) is 5.92 Å². The highest BCUT2D eigenvalue weighted by Gasteiger charge is 2.28. The van der Waals surface area contributed by atoms with Crippen LogP contribution in [-0.2, 0) is 9.53 Å². The average Bonchev–Trinajstić information content (AvgIpc) is 2.87. The molecule has 0 aromatic carbocycles. The Hall–Kier alpha value is -1.50. The van der Waals surface area contributed by atoms with Crippen LogP contribution in [0.15, 0.2) is 0 Å². The number of nitrogens with zero attached hydrogens (tertiary/aromatic N) is 4. The van der Waals surface area contributed by atoms with Crippen LogP contribution in [0.25, 0.3) is 0 Å². The van der Waals surface area contributed by atoms with E-state index in [1.165, 1.54) is 0 Å². The highest BCUT2D eigenvalue weighted by Crippen LogP contribution is 2.28. The Bertz CT molecular complexity index is 414. The number of hydrogen-bond acceptors (Lipinski definition) is 5. The summed E-state index contributed by atoms with van der Waals surface area (Å²) >= 11 is 0. The first-order valence-electron chi connectivity index (χ1n) is 6.19. The minimum absolute atomic E-state index is 0.254. The fourth-order valence-corrected chi connectivity index (χ4v) is 2.13. The summed E-state index contributed by atoms with van der Waals surface area (Å²) in [5.41, 5.74) is 0. The van der Waals surface area contributed by atoms with Gasteiger partial charge in [0.15, 0.2) is 5.82 Å². The molecule has 2 atom stereocenters. The van der Waals surface area contributed by atoms with E-state index in [1.54, 1.807) is 11.6 Å². The summed E-state index contributed by atoms with van der Waals surface area (Å²) in [6, 6.07) is -0.254. The molecule has 100 valence electrons. The number of ether oxygens (including phenoxy) is 1. The number of carboxylic acid groups (broad SMARTS) is 1. The van der Waals surface area contributed by atoms with Crippen LogP contribution in [0.5, 0.6) is 0 Å². The lowest BCUT2D eigenvalue weighted by molar-refractivity contribution is -0.142. The minimum atomic E-state index is -0.837. The minimum Gasteiger partial charge on any atom is -0.481 e. The van der Waals surface area contributed by atoms with Gasteiger partial charge in [-0.1, -0.05) is 0 Å². The molecular formula is C11H18N4O3. The van der Waals surface area contributed by atoms with E-state index in [0.717, 1.165) is 18.7 Å². The Morgan fingerprint density at radius 3 is 2.72 bits per heavy atom. The maximum atomic E-state index is 11.0. The van der Waals surface area contributed by atoms with Gasteiger partial charge in [0.1, 0.15) is 0 Å². The van der Waals surface area contributed by atoms with E-state index in [4.69, 9.17) is 9.84 Å². The van der Waals surface area contributed by atoms with E-state index in [9.17, 15) is 4.79 Å². The molecule has 7 nitrogen and oxygen atoms in total. The fourth-order valence-electron chi connectivity index (χ4n) is 2.13. The molecule has 0 radical (unpaired) electrons. The second-order valence-electron chi connectivity index (χ2n) is 4.74. The first kappa shape index (κ1) is 12.9. The highest BCUT2D eigenvalue weighted by molar-refractivity contribution is 5.70. The zero-order valence-electron chi connectivity index (χ0n) is 10.6. The van der Waals surface area contributed by atoms with Gasteiger partial charge in [0.2, 0.25) is 0 Å². The van der Waals surface area contributed by atoms with E-state index in [0.29, 0.717) is 13.2 Å². The van der Waals surface area contributed by atoms with E-state index in [1.807, 2.05) is 6.92 Å². The van der Waals surface area contributed by atoms with Gasteiger partial charge >= 0.3 is 5.97 Å². The van der Waals surface area contributed by atoms with Gasteiger partial charge in [-0.25, -0.2) is 4.68 Å². The summed E-state index contributed by atoms with van der Waals surface area (Å²) in [5, 5.41) is 20.7. The standard InChI is InChI=1S/C11H18N4O3/c1-7(11(16)17)8(2)15-10(12-13-14-15)9-3-5-18-6-4-9/h7-9H,3-6H2,1-2H3,(H,16,17). The lowest BCUT2D eigenvalue weighted by atomic mass is 9.98. The van der Waals surface area contributed by atoms with Crippen molar-refractivity contribution in [2.45, 2.75) is 38.6 Å². The lowest BCUT2D eigenvalue weighted by Gasteiger charge is -2.24. The quantitative estimate of drug-likeness (QED) is 0.856. The van der Waals surface area contributed by atoms with Crippen LogP contribution in [0.2, 0.25) is 0 Å². The molecule has 18 heavy (non-hydrogen) atoms. The van der Waals surface area contributed by atoms with Crippen LogP contribution in [0.1, 0.15) is 44.5 Å². The maximum absolute atomic E-state index is 11.0. The van der Waals surface area contributed by atoms with E-state index in [2.05, 4.69) is 15.5 Å². The number of hydrogen-bond donors (Lipinski definition) is 1. The van der Waals surface area contributed by atoms with Gasteiger partial charge in [-0.05, 0) is 37.1 Å². The third kappa shape index (κ3) is 2.50. The van der Waals surface area contributed by atoms with Gasteiger partial charge in [0, 0.05) is 19.1 Å². The predicted molar refractivity (Wildman–Crippen MR) is 62.1 cm³/mol. The Morgan fingerprint density at radius 1 is 1.44 bits per heavy atom. The van der Waals surface area contributed by atoms with E-state index in [-0.39, 0.29) is 12.0 Å². The van der Waals surface area contributed by atoms with Crippen LogP contribution < -0.4 is 0 Å². The summed E-state index contributed by atoms with van der Waals surface area (Å²) in [6.45, 7) is 4.92. The van der Waals surface area contributed by atoms with Crippen LogP contribution in [0.3, 0.4) is 0 Å². The predicted octanol–water partition coefficient (Wildman–Crippen LogP) is 0.849. The van der Waals surface area contributed by atoms with Gasteiger partial charge in [-0.15, -0.1) is 5.10 Å². The number of rotatable bonds is 4. The monoisotopic (exact) mass is 254 g/mol. The van der Waals surface area contributed by atoms with Gasteiger partial charge in [0.25, 0.3) is 0 Å². The van der Waals surface area contributed by atoms with Crippen molar-refractivity contribution in [3.05, 3.63) is 5.82 Å². The molecular weight excluding hydrogens is 236 g/mol. The van der Waals surface area contributed by atoms with E-state index >= 15 is 0 Å². The summed E-state index contributed by atoms with van der Waals surface area (Å²) in [7, 11) is 0. The maximum Gasteiger partial charge on any atom is 0.308 e. The largest absolute Gasteiger partial charge is 0.481 e. The van der Waals surface area contributed by atoms with Crippen LogP contribution >= 0.6 is 0 Å². The zero-order chi connectivity index (χ0) is 13.1. The Morgan fingerprint density at radius 2 is 2.11 bits per heavy atom. The molecule has 0 spiro atoms. The molecule has 2 rings (SSSR count). The molecule has 1 fully saturated rings. The molecule has 1 aromatic heterocycles. The average molecular weight is 254 g/mol. The Kier molecular flexibility index (Phi) is 3.90. The van der Waals surface area contributed by atoms with Gasteiger partial charge in [0.05, 0.1) is 12.0 Å². The van der Waals surface area contributed by atoms with Gasteiger partial charge in [-0.3, -0.25) is 4.79 Å². The second-order valence-corrected chi connectivity index (χ2v) is 4.74. The van der Waals surface area contributed by atoms with Crippen molar-refractivity contribution in [1.82, 2.24) is 20.2 Å². The zero-order valence-corrected chi connectivity index (χ0v) is 10.6. The van der Waals surface area contributed by atoms with Gasteiger partial charge < -0.3 is 9.84 Å². The topological polar surface area (TPSA) is 90.1 Å². The number of aliphatic carboxylic acids is 1. The van der Waals surface area contributed by atoms with Crippen molar-refractivity contribution < 1.29 is 14.6 Å². The third-order valence-electron chi connectivity index (χ3n) is 3.60. The Balaban J connectivity index is 2.18. The molecule has 0 bridgehead atoms. The molecule has 2 heterocycles. The molecule has 0 saturated carbocycles. The first-order chi connectivity index (χ1) is 8.61. The molecule has 1 aliphatic heterocycles. The molecule has 0 aliphatic carbocycles. The molecule has 7 heteroatoms. The number of tetrazole rings is 1. The van der Waals surface area contributed by atoms with Crippen molar-refractivity contribution in [2.24, 2.45) is 5.92 Å². The summed E-state index contributed by atoms with van der Waals surface area (Å²) in [4.78, 5) is 11.0. The fraction of sp³-hybridized carbons (Fsp3) is 0.818. The molecule has 1 saturated heterocycles. The smallest absolute Gasteiger partial charge is 0.308 e. The van der Waals surface area contributed by atoms with Crippen LogP contribution in [0.4, 0.5) is 0 Å². The molecule has 1 aromatic rings. The SMILES string of the molecule is CC(C(=O)O)C(C)n1nnnc1C1CCOCC1. The summed E-state index contributed by atoms with van der Waals surface area (Å²) < 4.78 is 6.96. The molecule has 0 amide bonds. The number of aromatic nitrogens is 4. The van der Waals surface area contributed by atoms with Crippen molar-refractivity contribution in [1.29, 1.82) is 0 Å². The van der Waals surface area contributed by atoms with Crippen molar-refractivity contribution in [3.63, 3.8) is 0 Å². The number of carboxylic acids is 1. The van der Waals surface area contributed by atoms with E-state index < -0.39 is 11.9 Å².